The molecule has 1 unspecified atom stereocenters. The largest absolute Gasteiger partial charge is 0.352 e. The van der Waals surface area contributed by atoms with Crippen molar-refractivity contribution in [2.45, 2.75) is 12.8 Å². The van der Waals surface area contributed by atoms with Gasteiger partial charge in [-0.2, -0.15) is 5.10 Å². The molecule has 0 spiro atoms. The zero-order valence-corrected chi connectivity index (χ0v) is 18.0. The highest BCUT2D eigenvalue weighted by Gasteiger charge is 2.26. The Kier molecular flexibility index (Phi) is 6.44. The van der Waals surface area contributed by atoms with Gasteiger partial charge in [-0.1, -0.05) is 42.5 Å². The summed E-state index contributed by atoms with van der Waals surface area (Å²) in [7, 11) is 1.53. The van der Waals surface area contributed by atoms with Gasteiger partial charge in [0.1, 0.15) is 5.69 Å². The maximum atomic E-state index is 12.8. The summed E-state index contributed by atoms with van der Waals surface area (Å²) in [5.41, 5.74) is 2.80. The van der Waals surface area contributed by atoms with Crippen LogP contribution in [0.25, 0.3) is 11.1 Å². The van der Waals surface area contributed by atoms with Crippen LogP contribution in [0.4, 0.5) is 0 Å². The molecule has 1 fully saturated rings. The smallest absolute Gasteiger partial charge is 0.274 e. The number of hydrogen-bond acceptors (Lipinski definition) is 4. The summed E-state index contributed by atoms with van der Waals surface area (Å²) in [5.74, 6) is -0.131. The van der Waals surface area contributed by atoms with E-state index in [4.69, 9.17) is 0 Å². The number of carbonyl (C=O) groups excluding carboxylic acids is 2. The van der Waals surface area contributed by atoms with Gasteiger partial charge in [-0.25, -0.2) is 4.68 Å². The number of rotatable bonds is 5. The number of nitrogens with one attached hydrogen (secondary N) is 1. The van der Waals surface area contributed by atoms with Crippen LogP contribution in [0.2, 0.25) is 0 Å². The van der Waals surface area contributed by atoms with Crippen molar-refractivity contribution in [3.8, 4) is 11.1 Å². The Bertz CT molecular complexity index is 1160. The minimum absolute atomic E-state index is 0.118. The minimum Gasteiger partial charge on any atom is -0.352 e. The minimum atomic E-state index is -0.252. The van der Waals surface area contributed by atoms with E-state index in [1.807, 2.05) is 54.6 Å². The highest BCUT2D eigenvalue weighted by Crippen LogP contribution is 2.20. The lowest BCUT2D eigenvalue weighted by molar-refractivity contribution is 0.0662. The van der Waals surface area contributed by atoms with E-state index in [0.29, 0.717) is 25.2 Å². The van der Waals surface area contributed by atoms with Crippen LogP contribution in [0.5, 0.6) is 0 Å². The second kappa shape index (κ2) is 9.60. The summed E-state index contributed by atoms with van der Waals surface area (Å²) in [4.78, 5) is 38.7. The SMILES string of the molecule is Cn1nc(C(=O)N2CCCC(CNC(=O)c3ccc(-c4ccccc4)cc3)C2)ccc1=O. The van der Waals surface area contributed by atoms with Crippen molar-refractivity contribution in [2.75, 3.05) is 19.6 Å². The van der Waals surface area contributed by atoms with E-state index >= 15 is 0 Å². The monoisotopic (exact) mass is 430 g/mol. The van der Waals surface area contributed by atoms with Gasteiger partial charge in [-0.15, -0.1) is 0 Å². The van der Waals surface area contributed by atoms with Crippen LogP contribution < -0.4 is 10.9 Å². The Morgan fingerprint density at radius 1 is 1.00 bits per heavy atom. The predicted molar refractivity (Wildman–Crippen MR) is 122 cm³/mol. The van der Waals surface area contributed by atoms with Crippen molar-refractivity contribution in [3.05, 3.63) is 88.3 Å². The number of aromatic nitrogens is 2. The average molecular weight is 431 g/mol. The van der Waals surface area contributed by atoms with Crippen molar-refractivity contribution >= 4 is 11.8 Å². The van der Waals surface area contributed by atoms with E-state index in [0.717, 1.165) is 28.7 Å². The molecule has 7 nitrogen and oxygen atoms in total. The van der Waals surface area contributed by atoms with Crippen LogP contribution in [-0.4, -0.2) is 46.1 Å². The molecule has 7 heteroatoms. The summed E-state index contributed by atoms with van der Waals surface area (Å²) < 4.78 is 1.16. The molecule has 3 aromatic rings. The molecule has 0 aliphatic carbocycles. The molecule has 2 aromatic carbocycles. The van der Waals surface area contributed by atoms with Crippen molar-refractivity contribution in [1.29, 1.82) is 0 Å². The first-order chi connectivity index (χ1) is 15.5. The van der Waals surface area contributed by atoms with E-state index in [9.17, 15) is 14.4 Å². The summed E-state index contributed by atoms with van der Waals surface area (Å²) >= 11 is 0. The first-order valence-corrected chi connectivity index (χ1v) is 10.8. The molecule has 2 heterocycles. The van der Waals surface area contributed by atoms with Gasteiger partial charge in [-0.05, 0) is 48.1 Å². The third kappa shape index (κ3) is 4.94. The normalized spacial score (nSPS) is 15.9. The second-order valence-corrected chi connectivity index (χ2v) is 8.09. The van der Waals surface area contributed by atoms with Crippen LogP contribution in [-0.2, 0) is 7.05 Å². The van der Waals surface area contributed by atoms with Gasteiger partial charge in [0.15, 0.2) is 0 Å². The number of carbonyl (C=O) groups is 2. The maximum Gasteiger partial charge on any atom is 0.274 e. The molecule has 1 saturated heterocycles. The van der Waals surface area contributed by atoms with E-state index in [-0.39, 0.29) is 29.0 Å². The third-order valence-corrected chi connectivity index (χ3v) is 5.79. The van der Waals surface area contributed by atoms with E-state index in [1.54, 1.807) is 4.90 Å². The standard InChI is InChI=1S/C25H26N4O3/c1-28-23(30)14-13-22(27-28)25(32)29-15-5-6-18(17-29)16-26-24(31)21-11-9-20(10-12-21)19-7-3-2-4-8-19/h2-4,7-14,18H,5-6,15-17H2,1H3,(H,26,31). The average Bonchev–Trinajstić information content (AvgIpc) is 2.84. The molecular weight excluding hydrogens is 404 g/mol. The first-order valence-electron chi connectivity index (χ1n) is 10.8. The Balaban J connectivity index is 1.33. The van der Waals surface area contributed by atoms with E-state index in [1.165, 1.54) is 19.2 Å². The Morgan fingerprint density at radius 2 is 1.72 bits per heavy atom. The molecule has 1 aromatic heterocycles. The third-order valence-electron chi connectivity index (χ3n) is 5.79. The molecular formula is C25H26N4O3. The van der Waals surface area contributed by atoms with Gasteiger partial charge >= 0.3 is 0 Å². The van der Waals surface area contributed by atoms with Crippen LogP contribution in [0.3, 0.4) is 0 Å². The van der Waals surface area contributed by atoms with Crippen molar-refractivity contribution in [1.82, 2.24) is 20.0 Å². The first kappa shape index (κ1) is 21.5. The van der Waals surface area contributed by atoms with Crippen molar-refractivity contribution in [3.63, 3.8) is 0 Å². The molecule has 4 rings (SSSR count). The van der Waals surface area contributed by atoms with Gasteiger partial charge in [0.05, 0.1) is 0 Å². The highest BCUT2D eigenvalue weighted by atomic mass is 16.2. The number of benzene rings is 2. The number of nitrogens with zero attached hydrogens (tertiary/aromatic N) is 3. The second-order valence-electron chi connectivity index (χ2n) is 8.09. The molecule has 164 valence electrons. The highest BCUT2D eigenvalue weighted by molar-refractivity contribution is 5.94. The molecule has 2 amide bonds. The predicted octanol–water partition coefficient (Wildman–Crippen LogP) is 2.73. The number of amides is 2. The molecule has 0 radical (unpaired) electrons. The van der Waals surface area contributed by atoms with Gasteiger partial charge < -0.3 is 10.2 Å². The topological polar surface area (TPSA) is 84.3 Å². The number of hydrogen-bond donors (Lipinski definition) is 1. The fourth-order valence-corrected chi connectivity index (χ4v) is 3.98. The summed E-state index contributed by atoms with van der Waals surface area (Å²) in [6, 6.07) is 20.4. The fraction of sp³-hybridized carbons (Fsp3) is 0.280. The quantitative estimate of drug-likeness (QED) is 0.675. The van der Waals surface area contributed by atoms with E-state index < -0.39 is 0 Å². The van der Waals surface area contributed by atoms with Gasteiger partial charge in [0.25, 0.3) is 17.4 Å². The maximum absolute atomic E-state index is 12.8. The zero-order valence-electron chi connectivity index (χ0n) is 18.0. The molecule has 0 saturated carbocycles. The van der Waals surface area contributed by atoms with Gasteiger partial charge in [0, 0.05) is 38.3 Å². The lowest BCUT2D eigenvalue weighted by atomic mass is 9.97. The van der Waals surface area contributed by atoms with Gasteiger partial charge in [0.2, 0.25) is 0 Å². The van der Waals surface area contributed by atoms with Crippen molar-refractivity contribution in [2.24, 2.45) is 13.0 Å². The molecule has 1 atom stereocenters. The molecule has 1 aliphatic heterocycles. The zero-order chi connectivity index (χ0) is 22.5. The van der Waals surface area contributed by atoms with Crippen LogP contribution in [0.15, 0.2) is 71.5 Å². The Hall–Kier alpha value is -3.74. The van der Waals surface area contributed by atoms with Crippen LogP contribution >= 0.6 is 0 Å². The molecule has 32 heavy (non-hydrogen) atoms. The van der Waals surface area contributed by atoms with Gasteiger partial charge in [-0.3, -0.25) is 14.4 Å². The fourth-order valence-electron chi connectivity index (χ4n) is 3.98. The summed E-state index contributed by atoms with van der Waals surface area (Å²) in [6.07, 6.45) is 1.81. The molecule has 0 bridgehead atoms. The Labute approximate surface area is 186 Å². The summed E-state index contributed by atoms with van der Waals surface area (Å²) in [5, 5.41) is 7.06. The lowest BCUT2D eigenvalue weighted by Crippen LogP contribution is -2.44. The lowest BCUT2D eigenvalue weighted by Gasteiger charge is -2.32. The van der Waals surface area contributed by atoms with Crippen molar-refractivity contribution < 1.29 is 9.59 Å². The number of aryl methyl sites for hydroxylation is 1. The molecule has 1 aliphatic rings. The number of likely N-dealkylation sites (tertiary alicyclic amines) is 1. The Morgan fingerprint density at radius 3 is 2.44 bits per heavy atom. The summed E-state index contributed by atoms with van der Waals surface area (Å²) in [6.45, 7) is 1.70. The number of piperidine rings is 1. The molecule has 1 N–H and O–H groups in total. The van der Waals surface area contributed by atoms with Crippen LogP contribution in [0, 0.1) is 5.92 Å². The van der Waals surface area contributed by atoms with E-state index in [2.05, 4.69) is 10.4 Å². The van der Waals surface area contributed by atoms with Crippen LogP contribution in [0.1, 0.15) is 33.7 Å².